The van der Waals surface area contributed by atoms with E-state index in [1.165, 1.54) is 0 Å². The average Bonchev–Trinajstić information content (AvgIpc) is 2.52. The van der Waals surface area contributed by atoms with Crippen molar-refractivity contribution in [3.05, 3.63) is 21.0 Å². The topological polar surface area (TPSA) is 105 Å². The first-order valence-electron chi connectivity index (χ1n) is 4.06. The van der Waals surface area contributed by atoms with Crippen LogP contribution in [0.4, 0.5) is 5.13 Å². The van der Waals surface area contributed by atoms with Gasteiger partial charge in [0.1, 0.15) is 6.04 Å². The van der Waals surface area contributed by atoms with Gasteiger partial charge in [-0.3, -0.25) is 4.79 Å². The molecule has 0 fully saturated rings. The summed E-state index contributed by atoms with van der Waals surface area (Å²) in [6.07, 6.45) is 1.18. The van der Waals surface area contributed by atoms with Crippen LogP contribution in [0.3, 0.4) is 0 Å². The van der Waals surface area contributed by atoms with Gasteiger partial charge in [0.2, 0.25) is 0 Å². The molecule has 0 aliphatic heterocycles. The van der Waals surface area contributed by atoms with Crippen molar-refractivity contribution in [3.63, 3.8) is 0 Å². The Bertz CT molecular complexity index is 433. The van der Waals surface area contributed by atoms with Crippen molar-refractivity contribution in [2.75, 3.05) is 5.73 Å². The number of hydrogen-bond donors (Lipinski definition) is 1. The lowest BCUT2D eigenvalue weighted by molar-refractivity contribution is 0.0952. The van der Waals surface area contributed by atoms with Gasteiger partial charge in [-0.1, -0.05) is 16.5 Å². The van der Waals surface area contributed by atoms with Crippen LogP contribution in [0.5, 0.6) is 0 Å². The molecule has 0 spiro atoms. The highest BCUT2D eigenvalue weighted by Gasteiger charge is 2.29. The molecule has 0 aromatic carbocycles. The summed E-state index contributed by atoms with van der Waals surface area (Å²) < 4.78 is 0. The van der Waals surface area contributed by atoms with Crippen LogP contribution < -0.4 is 5.73 Å². The number of carbonyl (C=O) groups is 1. The van der Waals surface area contributed by atoms with Crippen LogP contribution in [0.1, 0.15) is 21.8 Å². The second kappa shape index (κ2) is 3.28. The van der Waals surface area contributed by atoms with Gasteiger partial charge in [0.15, 0.2) is 10.9 Å². The Morgan fingerprint density at radius 3 is 3.21 bits per heavy atom. The molecule has 0 saturated carbocycles. The Labute approximate surface area is 83.4 Å². The Morgan fingerprint density at radius 1 is 1.71 bits per heavy atom. The second-order valence-electron chi connectivity index (χ2n) is 2.95. The van der Waals surface area contributed by atoms with Gasteiger partial charge in [-0.2, -0.15) is 0 Å². The zero-order valence-electron chi connectivity index (χ0n) is 7.17. The van der Waals surface area contributed by atoms with Crippen LogP contribution >= 0.6 is 11.3 Å². The molecule has 1 aliphatic rings. The van der Waals surface area contributed by atoms with Crippen LogP contribution in [0.25, 0.3) is 10.4 Å². The van der Waals surface area contributed by atoms with Crippen molar-refractivity contribution < 1.29 is 4.79 Å². The maximum absolute atomic E-state index is 11.7. The third-order valence-corrected chi connectivity index (χ3v) is 3.03. The lowest BCUT2D eigenvalue weighted by Gasteiger charge is -2.14. The van der Waals surface area contributed by atoms with E-state index in [0.717, 1.165) is 17.0 Å². The molecule has 72 valence electrons. The summed E-state index contributed by atoms with van der Waals surface area (Å²) in [6.45, 7) is 0. The molecule has 1 heterocycles. The fourth-order valence-corrected chi connectivity index (χ4v) is 2.33. The number of carbonyl (C=O) groups excluding carboxylic acids is 1. The van der Waals surface area contributed by atoms with E-state index in [1.54, 1.807) is 0 Å². The van der Waals surface area contributed by atoms with Crippen LogP contribution in [-0.2, 0) is 6.42 Å². The predicted octanol–water partition coefficient (Wildman–Crippen LogP) is 1.53. The summed E-state index contributed by atoms with van der Waals surface area (Å²) in [6, 6.07) is -0.577. The number of ketones is 1. The standard InChI is InChI=1S/C7H7N5OS/c8-7-10-4-2-1-3(11-12-9)5(13)6(4)14-7/h3H,1-2H2,(H2,8,10). The van der Waals surface area contributed by atoms with E-state index in [9.17, 15) is 4.79 Å². The van der Waals surface area contributed by atoms with Gasteiger partial charge < -0.3 is 5.73 Å². The minimum absolute atomic E-state index is 0.154. The first-order chi connectivity index (χ1) is 6.72. The van der Waals surface area contributed by atoms with Crippen molar-refractivity contribution in [1.29, 1.82) is 0 Å². The molecule has 7 heteroatoms. The lowest BCUT2D eigenvalue weighted by atomic mass is 9.97. The number of aryl methyl sites for hydroxylation is 1. The number of hydrogen-bond acceptors (Lipinski definition) is 5. The summed E-state index contributed by atoms with van der Waals surface area (Å²) in [5.41, 5.74) is 14.5. The number of thiazole rings is 1. The molecule has 0 amide bonds. The maximum atomic E-state index is 11.7. The van der Waals surface area contributed by atoms with Crippen molar-refractivity contribution in [2.45, 2.75) is 18.9 Å². The number of nitrogens with two attached hydrogens (primary N) is 1. The monoisotopic (exact) mass is 209 g/mol. The van der Waals surface area contributed by atoms with Crippen molar-refractivity contribution in [3.8, 4) is 0 Å². The molecular formula is C7H7N5OS. The molecule has 2 N–H and O–H groups in total. The first-order valence-corrected chi connectivity index (χ1v) is 4.87. The van der Waals surface area contributed by atoms with E-state index in [1.807, 2.05) is 0 Å². The fourth-order valence-electron chi connectivity index (χ4n) is 1.46. The Balaban J connectivity index is 2.40. The molecule has 1 unspecified atom stereocenters. The molecule has 2 rings (SSSR count). The minimum Gasteiger partial charge on any atom is -0.375 e. The second-order valence-corrected chi connectivity index (χ2v) is 3.98. The van der Waals surface area contributed by atoms with Gasteiger partial charge in [-0.15, -0.1) is 0 Å². The van der Waals surface area contributed by atoms with Crippen molar-refractivity contribution >= 4 is 22.3 Å². The number of anilines is 1. The minimum atomic E-state index is -0.577. The van der Waals surface area contributed by atoms with E-state index in [0.29, 0.717) is 22.9 Å². The molecule has 0 radical (unpaired) electrons. The number of nitrogens with zero attached hydrogens (tertiary/aromatic N) is 4. The number of fused-ring (bicyclic) bond motifs is 1. The lowest BCUT2D eigenvalue weighted by Crippen LogP contribution is -2.24. The average molecular weight is 209 g/mol. The van der Waals surface area contributed by atoms with Crippen molar-refractivity contribution in [1.82, 2.24) is 4.98 Å². The van der Waals surface area contributed by atoms with Crippen LogP contribution in [0.2, 0.25) is 0 Å². The molecule has 1 atom stereocenters. The maximum Gasteiger partial charge on any atom is 0.183 e. The smallest absolute Gasteiger partial charge is 0.183 e. The quantitative estimate of drug-likeness (QED) is 0.430. The number of aromatic nitrogens is 1. The van der Waals surface area contributed by atoms with E-state index in [2.05, 4.69) is 15.0 Å². The Kier molecular flexibility index (Phi) is 2.11. The molecule has 0 saturated heterocycles. The molecule has 1 aromatic heterocycles. The summed E-state index contributed by atoms with van der Waals surface area (Å²) in [5.74, 6) is -0.154. The van der Waals surface area contributed by atoms with Gasteiger partial charge in [0, 0.05) is 4.91 Å². The third kappa shape index (κ3) is 1.32. The normalized spacial score (nSPS) is 20.0. The Morgan fingerprint density at radius 2 is 2.50 bits per heavy atom. The number of azide groups is 1. The summed E-state index contributed by atoms with van der Waals surface area (Å²) in [5, 5.41) is 3.84. The highest BCUT2D eigenvalue weighted by atomic mass is 32.1. The summed E-state index contributed by atoms with van der Waals surface area (Å²) in [4.78, 5) is 18.9. The van der Waals surface area contributed by atoms with Crippen molar-refractivity contribution in [2.24, 2.45) is 5.11 Å². The van der Waals surface area contributed by atoms with E-state index in [-0.39, 0.29) is 5.78 Å². The number of rotatable bonds is 1. The molecular weight excluding hydrogens is 202 g/mol. The van der Waals surface area contributed by atoms with Gasteiger partial charge >= 0.3 is 0 Å². The number of nitrogen functional groups attached to an aromatic ring is 1. The number of Topliss-reactive ketones (excluding diaryl/α,β-unsaturated/α-hetero) is 1. The van der Waals surface area contributed by atoms with E-state index < -0.39 is 6.04 Å². The first kappa shape index (κ1) is 8.98. The zero-order chi connectivity index (χ0) is 10.1. The largest absolute Gasteiger partial charge is 0.375 e. The SMILES string of the molecule is [N-]=[N+]=NC1CCc2nc(N)sc2C1=O. The van der Waals surface area contributed by atoms with E-state index in [4.69, 9.17) is 11.3 Å². The van der Waals surface area contributed by atoms with Crippen LogP contribution in [0, 0.1) is 0 Å². The van der Waals surface area contributed by atoms with Crippen LogP contribution in [0.15, 0.2) is 5.11 Å². The van der Waals surface area contributed by atoms with Gasteiger partial charge in [0.25, 0.3) is 0 Å². The zero-order valence-corrected chi connectivity index (χ0v) is 7.99. The van der Waals surface area contributed by atoms with E-state index >= 15 is 0 Å². The predicted molar refractivity (Wildman–Crippen MR) is 52.1 cm³/mol. The molecule has 1 aromatic rings. The van der Waals surface area contributed by atoms with Gasteiger partial charge in [0.05, 0.1) is 10.6 Å². The van der Waals surface area contributed by atoms with Crippen LogP contribution in [-0.4, -0.2) is 16.8 Å². The molecule has 14 heavy (non-hydrogen) atoms. The Hall–Kier alpha value is -1.59. The highest BCUT2D eigenvalue weighted by molar-refractivity contribution is 7.17. The summed E-state index contributed by atoms with van der Waals surface area (Å²) >= 11 is 1.16. The molecule has 6 nitrogen and oxygen atoms in total. The third-order valence-electron chi connectivity index (χ3n) is 2.09. The fraction of sp³-hybridized carbons (Fsp3) is 0.429. The molecule has 0 bridgehead atoms. The molecule has 1 aliphatic carbocycles. The summed E-state index contributed by atoms with van der Waals surface area (Å²) in [7, 11) is 0. The highest BCUT2D eigenvalue weighted by Crippen LogP contribution is 2.29. The van der Waals surface area contributed by atoms with Gasteiger partial charge in [-0.25, -0.2) is 4.98 Å². The van der Waals surface area contributed by atoms with Gasteiger partial charge in [-0.05, 0) is 18.4 Å².